The van der Waals surface area contributed by atoms with Crippen molar-refractivity contribution in [3.63, 3.8) is 0 Å². The predicted octanol–water partition coefficient (Wildman–Crippen LogP) is 9.14. The molecule has 0 aromatic rings. The number of hydrogen-bond acceptors (Lipinski definition) is 7. The van der Waals surface area contributed by atoms with Gasteiger partial charge in [0.2, 0.25) is 0 Å². The van der Waals surface area contributed by atoms with Gasteiger partial charge in [-0.3, -0.25) is 14.1 Å². The molecule has 0 saturated heterocycles. The number of ether oxygens (including phenoxy) is 2. The van der Waals surface area contributed by atoms with Crippen LogP contribution >= 0.6 is 7.82 Å². The first-order valence-electron chi connectivity index (χ1n) is 17.6. The first-order valence-corrected chi connectivity index (χ1v) is 19.1. The zero-order chi connectivity index (χ0) is 34.9. The quantitative estimate of drug-likeness (QED) is 0.0283. The van der Waals surface area contributed by atoms with E-state index in [1.165, 1.54) is 12.8 Å². The molecule has 0 aliphatic rings. The molecule has 0 unspecified atom stereocenters. The maximum atomic E-state index is 12.3. The molecule has 0 amide bonds. The number of phosphoric acid groups is 1. The minimum atomic E-state index is -4.77. The summed E-state index contributed by atoms with van der Waals surface area (Å²) in [5.41, 5.74) is 0. The molecule has 10 heteroatoms. The van der Waals surface area contributed by atoms with Crippen molar-refractivity contribution in [2.45, 2.75) is 148 Å². The maximum absolute atomic E-state index is 12.3. The molecular weight excluding hydrogens is 619 g/mol. The third kappa shape index (κ3) is 36.4. The van der Waals surface area contributed by atoms with Crippen molar-refractivity contribution in [1.29, 1.82) is 0 Å². The van der Waals surface area contributed by atoms with Crippen LogP contribution in [-0.4, -0.2) is 52.3 Å². The topological polar surface area (TPSA) is 140 Å². The smallest absolute Gasteiger partial charge is 0.462 e. The number of esters is 2. The fraction of sp³-hybridized carbons (Fsp3) is 0.676. The largest absolute Gasteiger partial charge is 0.469 e. The molecule has 270 valence electrons. The second-order valence-corrected chi connectivity index (χ2v) is 13.0. The first kappa shape index (κ1) is 44.7. The van der Waals surface area contributed by atoms with Gasteiger partial charge in [-0.1, -0.05) is 99.8 Å². The Morgan fingerprint density at radius 1 is 0.638 bits per heavy atom. The van der Waals surface area contributed by atoms with Crippen LogP contribution in [0.25, 0.3) is 0 Å². The van der Waals surface area contributed by atoms with Crippen molar-refractivity contribution in [2.24, 2.45) is 0 Å². The van der Waals surface area contributed by atoms with Gasteiger partial charge in [-0.05, 0) is 84.0 Å². The second kappa shape index (κ2) is 32.3. The van der Waals surface area contributed by atoms with Gasteiger partial charge in [0, 0.05) is 12.8 Å². The number of aliphatic hydroxyl groups is 1. The van der Waals surface area contributed by atoms with Crippen molar-refractivity contribution < 1.29 is 43.0 Å². The number of carbonyl (C=O) groups excluding carboxylic acids is 2. The van der Waals surface area contributed by atoms with Gasteiger partial charge in [0.15, 0.2) is 6.10 Å². The number of carbonyl (C=O) groups is 2. The van der Waals surface area contributed by atoms with Crippen molar-refractivity contribution in [3.05, 3.63) is 60.8 Å². The van der Waals surface area contributed by atoms with Gasteiger partial charge in [-0.2, -0.15) is 0 Å². The van der Waals surface area contributed by atoms with Gasteiger partial charge in [-0.15, -0.1) is 0 Å². The number of allylic oxidation sites excluding steroid dienone is 10. The molecule has 0 radical (unpaired) electrons. The van der Waals surface area contributed by atoms with Gasteiger partial charge >= 0.3 is 19.8 Å². The van der Waals surface area contributed by atoms with E-state index in [1.807, 2.05) is 19.1 Å². The Kier molecular flexibility index (Phi) is 30.7. The van der Waals surface area contributed by atoms with Crippen molar-refractivity contribution in [1.82, 2.24) is 0 Å². The Bertz CT molecular complexity index is 963. The highest BCUT2D eigenvalue weighted by atomic mass is 31.2. The molecular formula is C37H63O9P. The van der Waals surface area contributed by atoms with E-state index in [0.717, 1.165) is 77.0 Å². The summed E-state index contributed by atoms with van der Waals surface area (Å²) in [5.74, 6) is -0.986. The average Bonchev–Trinajstić information content (AvgIpc) is 3.02. The van der Waals surface area contributed by atoms with Crippen molar-refractivity contribution in [2.75, 3.05) is 13.2 Å². The molecule has 0 aliphatic carbocycles. The monoisotopic (exact) mass is 682 g/mol. The zero-order valence-corrected chi connectivity index (χ0v) is 29.9. The normalized spacial score (nSPS) is 13.9. The molecule has 0 heterocycles. The van der Waals surface area contributed by atoms with Gasteiger partial charge < -0.3 is 24.4 Å². The van der Waals surface area contributed by atoms with Crippen molar-refractivity contribution in [3.8, 4) is 0 Å². The highest BCUT2D eigenvalue weighted by molar-refractivity contribution is 7.46. The van der Waals surface area contributed by atoms with E-state index < -0.39 is 32.5 Å². The summed E-state index contributed by atoms with van der Waals surface area (Å²) in [6.45, 7) is 3.11. The van der Waals surface area contributed by atoms with Crippen LogP contribution in [0.1, 0.15) is 136 Å². The Balaban J connectivity index is 4.11. The second-order valence-electron chi connectivity index (χ2n) is 11.8. The first-order chi connectivity index (χ1) is 22.6. The minimum Gasteiger partial charge on any atom is -0.462 e. The van der Waals surface area contributed by atoms with Crippen LogP contribution in [0, 0.1) is 0 Å². The number of unbranched alkanes of at least 4 members (excludes halogenated alkanes) is 9. The Hall–Kier alpha value is -2.29. The van der Waals surface area contributed by atoms with Crippen LogP contribution in [0.3, 0.4) is 0 Å². The van der Waals surface area contributed by atoms with Gasteiger partial charge in [0.25, 0.3) is 0 Å². The van der Waals surface area contributed by atoms with Gasteiger partial charge in [0.1, 0.15) is 6.61 Å². The van der Waals surface area contributed by atoms with Crippen LogP contribution in [0.5, 0.6) is 0 Å². The SMILES string of the molecule is CCCC/C=C\CCCCCCCC(=O)O[C@H](COC(=O)CCC/C=C\C/C=C\C/C=C\C/C=C\CCC[C@@H](C)O)COP(=O)(O)O. The van der Waals surface area contributed by atoms with Crippen LogP contribution in [0.15, 0.2) is 60.8 Å². The highest BCUT2D eigenvalue weighted by Gasteiger charge is 2.22. The molecule has 0 fully saturated rings. The van der Waals surface area contributed by atoms with Crippen LogP contribution in [0.4, 0.5) is 0 Å². The van der Waals surface area contributed by atoms with E-state index in [1.54, 1.807) is 0 Å². The lowest BCUT2D eigenvalue weighted by Gasteiger charge is -2.18. The number of phosphoric ester groups is 1. The summed E-state index contributed by atoms with van der Waals surface area (Å²) in [4.78, 5) is 42.5. The fourth-order valence-electron chi connectivity index (χ4n) is 4.36. The number of rotatable bonds is 31. The Morgan fingerprint density at radius 3 is 1.72 bits per heavy atom. The molecule has 0 aromatic heterocycles. The lowest BCUT2D eigenvalue weighted by molar-refractivity contribution is -0.161. The third-order valence-corrected chi connectivity index (χ3v) is 7.51. The van der Waals surface area contributed by atoms with E-state index >= 15 is 0 Å². The van der Waals surface area contributed by atoms with E-state index in [9.17, 15) is 19.3 Å². The zero-order valence-electron chi connectivity index (χ0n) is 29.0. The molecule has 0 bridgehead atoms. The molecule has 0 rings (SSSR count). The molecule has 9 nitrogen and oxygen atoms in total. The van der Waals surface area contributed by atoms with E-state index in [2.05, 4.69) is 60.1 Å². The van der Waals surface area contributed by atoms with E-state index in [0.29, 0.717) is 19.3 Å². The molecule has 0 aromatic carbocycles. The molecule has 0 saturated carbocycles. The van der Waals surface area contributed by atoms with E-state index in [-0.39, 0.29) is 25.6 Å². The molecule has 0 spiro atoms. The van der Waals surface area contributed by atoms with Crippen LogP contribution in [-0.2, 0) is 28.2 Å². The number of hydrogen-bond donors (Lipinski definition) is 3. The van der Waals surface area contributed by atoms with E-state index in [4.69, 9.17) is 19.3 Å². The Labute approximate surface area is 284 Å². The molecule has 3 N–H and O–H groups in total. The maximum Gasteiger partial charge on any atom is 0.469 e. The van der Waals surface area contributed by atoms with Crippen molar-refractivity contribution >= 4 is 19.8 Å². The average molecular weight is 683 g/mol. The molecule has 47 heavy (non-hydrogen) atoms. The summed E-state index contributed by atoms with van der Waals surface area (Å²) < 4.78 is 26.1. The lowest BCUT2D eigenvalue weighted by atomic mass is 10.1. The minimum absolute atomic E-state index is 0.175. The lowest BCUT2D eigenvalue weighted by Crippen LogP contribution is -2.29. The summed E-state index contributed by atoms with van der Waals surface area (Å²) in [6, 6.07) is 0. The number of aliphatic hydroxyl groups excluding tert-OH is 1. The predicted molar refractivity (Wildman–Crippen MR) is 190 cm³/mol. The van der Waals surface area contributed by atoms with Crippen LogP contribution < -0.4 is 0 Å². The summed E-state index contributed by atoms with van der Waals surface area (Å²) >= 11 is 0. The Morgan fingerprint density at radius 2 is 1.13 bits per heavy atom. The molecule has 0 aliphatic heterocycles. The van der Waals surface area contributed by atoms with Gasteiger partial charge in [0.05, 0.1) is 12.7 Å². The van der Waals surface area contributed by atoms with Gasteiger partial charge in [-0.25, -0.2) is 4.57 Å². The standard InChI is InChI=1S/C37H63O9P/c1-3-4-5-6-7-8-14-19-22-25-28-31-37(40)46-35(33-45-47(41,42)43)32-44-36(39)30-27-24-21-18-16-13-11-9-10-12-15-17-20-23-26-29-34(2)38/h6-7,10-13,17-18,20-21,34-35,38H,3-5,8-9,14-16,19,22-33H2,1-2H3,(H2,41,42,43)/b7-6-,12-10-,13-11-,20-17-,21-18-/t34-,35-/m1/s1. The summed E-state index contributed by atoms with van der Waals surface area (Å²) in [7, 11) is -4.77. The highest BCUT2D eigenvalue weighted by Crippen LogP contribution is 2.35. The third-order valence-electron chi connectivity index (χ3n) is 7.03. The van der Waals surface area contributed by atoms with Crippen LogP contribution in [0.2, 0.25) is 0 Å². The summed E-state index contributed by atoms with van der Waals surface area (Å²) in [6.07, 6.45) is 36.6. The molecule has 2 atom stereocenters. The fourth-order valence-corrected chi connectivity index (χ4v) is 4.72. The summed E-state index contributed by atoms with van der Waals surface area (Å²) in [5, 5.41) is 9.23.